The van der Waals surface area contributed by atoms with Gasteiger partial charge in [-0.05, 0) is 0 Å². The minimum absolute atomic E-state index is 1.08. The van der Waals surface area contributed by atoms with Gasteiger partial charge in [-0.2, -0.15) is 0 Å². The summed E-state index contributed by atoms with van der Waals surface area (Å²) in [4.78, 5) is 2.01. The van der Waals surface area contributed by atoms with Crippen molar-refractivity contribution in [3.8, 4) is 0 Å². The van der Waals surface area contributed by atoms with Crippen LogP contribution in [0.15, 0.2) is 0 Å². The Morgan fingerprint density at radius 1 is 0.909 bits per heavy atom. The molecule has 0 bridgehead atoms. The third-order valence-electron chi connectivity index (χ3n) is 6.70. The average molecular weight is 415 g/mol. The van der Waals surface area contributed by atoms with Gasteiger partial charge in [0.1, 0.15) is 0 Å². The van der Waals surface area contributed by atoms with E-state index in [4.69, 9.17) is 0 Å². The van der Waals surface area contributed by atoms with Crippen molar-refractivity contribution in [3.63, 3.8) is 0 Å². The van der Waals surface area contributed by atoms with Gasteiger partial charge < -0.3 is 0 Å². The third-order valence-corrected chi connectivity index (χ3v) is 22.9. The number of fused-ring (bicyclic) bond motifs is 1. The van der Waals surface area contributed by atoms with Crippen LogP contribution in [-0.4, -0.2) is 37.5 Å². The van der Waals surface area contributed by atoms with E-state index in [1.165, 1.54) is 32.2 Å². The van der Waals surface area contributed by atoms with Gasteiger partial charge in [0.25, 0.3) is 0 Å². The second kappa shape index (κ2) is 9.91. The monoisotopic (exact) mass is 416 g/mol. The molecule has 2 aliphatic heterocycles. The standard InChI is InChI=1S/C8H14N.3C4H9.Sn/c1-7-5-8-3-2-4-9(8)6-7;3*1-3-4-2;/h7-8H,1-6H2;3*1,3-4H2,2H3;/p+1/t7-,8-;;;;/m1..../s1. The molecule has 0 amide bonds. The zero-order valence-electron chi connectivity index (χ0n) is 15.8. The molecule has 2 rings (SSSR count). The summed E-state index contributed by atoms with van der Waals surface area (Å²) < 4.78 is 6.94. The number of nitrogens with one attached hydrogen (secondary N) is 1. The first kappa shape index (κ1) is 19.1. The Hall–Kier alpha value is 0.759. The molecular weight excluding hydrogens is 373 g/mol. The van der Waals surface area contributed by atoms with Crippen LogP contribution in [-0.2, 0) is 0 Å². The Bertz CT molecular complexity index is 270. The van der Waals surface area contributed by atoms with Crippen LogP contribution in [0, 0.1) is 5.92 Å². The maximum absolute atomic E-state index is 2.41. The molecule has 22 heavy (non-hydrogen) atoms. The van der Waals surface area contributed by atoms with Crippen molar-refractivity contribution >= 4 is 18.4 Å². The number of hydrogen-bond donors (Lipinski definition) is 1. The Morgan fingerprint density at radius 2 is 1.50 bits per heavy atom. The molecule has 2 heteroatoms. The van der Waals surface area contributed by atoms with Crippen molar-refractivity contribution in [1.82, 2.24) is 0 Å². The molecule has 0 saturated carbocycles. The van der Waals surface area contributed by atoms with Crippen molar-refractivity contribution in [2.45, 2.75) is 102 Å². The number of quaternary nitrogens is 1. The van der Waals surface area contributed by atoms with E-state index in [0.29, 0.717) is 0 Å². The summed E-state index contributed by atoms with van der Waals surface area (Å²) in [6.45, 7) is 10.3. The van der Waals surface area contributed by atoms with Crippen LogP contribution in [0.3, 0.4) is 0 Å². The van der Waals surface area contributed by atoms with E-state index in [-0.39, 0.29) is 0 Å². The normalized spacial score (nSPS) is 28.2. The van der Waals surface area contributed by atoms with E-state index in [1.807, 2.05) is 4.90 Å². The van der Waals surface area contributed by atoms with Crippen molar-refractivity contribution in [2.75, 3.05) is 13.1 Å². The average Bonchev–Trinajstić information content (AvgIpc) is 3.09. The number of hydrogen-bond acceptors (Lipinski definition) is 0. The van der Waals surface area contributed by atoms with Gasteiger partial charge in [-0.15, -0.1) is 0 Å². The van der Waals surface area contributed by atoms with Crippen LogP contribution in [0.1, 0.15) is 78.6 Å². The summed E-state index contributed by atoms with van der Waals surface area (Å²) in [7, 11) is 0. The molecule has 0 aromatic carbocycles. The van der Waals surface area contributed by atoms with Crippen molar-refractivity contribution < 1.29 is 4.90 Å². The molecular formula is C20H42NSn+. The van der Waals surface area contributed by atoms with E-state index in [1.54, 1.807) is 56.4 Å². The molecule has 2 fully saturated rings. The zero-order valence-corrected chi connectivity index (χ0v) is 18.6. The van der Waals surface area contributed by atoms with Crippen LogP contribution in [0.2, 0.25) is 17.7 Å². The summed E-state index contributed by atoms with van der Waals surface area (Å²) >= 11 is -1.85. The molecule has 1 N–H and O–H groups in total. The van der Waals surface area contributed by atoms with Gasteiger partial charge in [-0.3, -0.25) is 0 Å². The fourth-order valence-electron chi connectivity index (χ4n) is 5.50. The molecule has 2 saturated heterocycles. The quantitative estimate of drug-likeness (QED) is 0.458. The second-order valence-electron chi connectivity index (χ2n) is 8.57. The molecule has 1 nitrogen and oxygen atoms in total. The van der Waals surface area contributed by atoms with Crippen molar-refractivity contribution in [3.05, 3.63) is 0 Å². The SMILES string of the molecule is CCC[CH2][Sn]([CH2]CCC)([CH2]CCC)[CH2][C@@H]1C[C@H]2CCC[NH+]2C1. The topological polar surface area (TPSA) is 4.44 Å². The van der Waals surface area contributed by atoms with E-state index in [0.717, 1.165) is 12.0 Å². The fourth-order valence-corrected chi connectivity index (χ4v) is 23.2. The van der Waals surface area contributed by atoms with Gasteiger partial charge in [0.05, 0.1) is 0 Å². The predicted molar refractivity (Wildman–Crippen MR) is 102 cm³/mol. The molecule has 0 aliphatic carbocycles. The molecule has 1 unspecified atom stereocenters. The zero-order chi connectivity index (χ0) is 15.8. The minimum atomic E-state index is -1.85. The fraction of sp³-hybridized carbons (Fsp3) is 1.00. The van der Waals surface area contributed by atoms with Crippen molar-refractivity contribution in [1.29, 1.82) is 0 Å². The summed E-state index contributed by atoms with van der Waals surface area (Å²) in [5.41, 5.74) is 0. The first-order valence-electron chi connectivity index (χ1n) is 10.6. The van der Waals surface area contributed by atoms with E-state index < -0.39 is 18.4 Å². The van der Waals surface area contributed by atoms with Gasteiger partial charge in [0.15, 0.2) is 0 Å². The Kier molecular flexibility index (Phi) is 8.60. The molecule has 2 heterocycles. The Labute approximate surface area is 144 Å². The first-order chi connectivity index (χ1) is 10.7. The number of unbranched alkanes of at least 4 members (excludes halogenated alkanes) is 3. The summed E-state index contributed by atoms with van der Waals surface area (Å²) in [5.74, 6) is 1.14. The van der Waals surface area contributed by atoms with E-state index in [9.17, 15) is 0 Å². The van der Waals surface area contributed by atoms with Crippen LogP contribution in [0.4, 0.5) is 0 Å². The van der Waals surface area contributed by atoms with Gasteiger partial charge in [-0.1, -0.05) is 0 Å². The Morgan fingerprint density at radius 3 is 2.00 bits per heavy atom. The summed E-state index contributed by atoms with van der Waals surface area (Å²) in [6, 6.07) is 1.08. The molecule has 0 spiro atoms. The van der Waals surface area contributed by atoms with E-state index in [2.05, 4.69) is 20.8 Å². The molecule has 130 valence electrons. The summed E-state index contributed by atoms with van der Waals surface area (Å²) in [5, 5.41) is 0. The molecule has 2 aliphatic rings. The second-order valence-corrected chi connectivity index (χ2v) is 22.6. The van der Waals surface area contributed by atoms with Gasteiger partial charge >= 0.3 is 145 Å². The van der Waals surface area contributed by atoms with Gasteiger partial charge in [0.2, 0.25) is 0 Å². The molecule has 0 aromatic heterocycles. The maximum atomic E-state index is 2.41. The van der Waals surface area contributed by atoms with Crippen LogP contribution < -0.4 is 4.90 Å². The molecule has 3 atom stereocenters. The molecule has 0 aromatic rings. The Balaban J connectivity index is 1.97. The van der Waals surface area contributed by atoms with Crippen molar-refractivity contribution in [2.24, 2.45) is 5.92 Å². The summed E-state index contributed by atoms with van der Waals surface area (Å²) in [6.07, 6.45) is 13.6. The third kappa shape index (κ3) is 5.39. The van der Waals surface area contributed by atoms with E-state index >= 15 is 0 Å². The van der Waals surface area contributed by atoms with Crippen LogP contribution in [0.5, 0.6) is 0 Å². The van der Waals surface area contributed by atoms with Gasteiger partial charge in [-0.25, -0.2) is 0 Å². The predicted octanol–water partition coefficient (Wildman–Crippen LogP) is 4.90. The van der Waals surface area contributed by atoms with Crippen LogP contribution >= 0.6 is 0 Å². The van der Waals surface area contributed by atoms with Crippen LogP contribution in [0.25, 0.3) is 0 Å². The molecule has 0 radical (unpaired) electrons. The number of rotatable bonds is 11. The van der Waals surface area contributed by atoms with Gasteiger partial charge in [0, 0.05) is 0 Å². The first-order valence-corrected chi connectivity index (χ1v) is 18.6.